The second kappa shape index (κ2) is 11.3. The molecule has 0 bridgehead atoms. The maximum Gasteiger partial charge on any atom is 0.196 e. The van der Waals surface area contributed by atoms with E-state index in [2.05, 4.69) is 43.3 Å². The van der Waals surface area contributed by atoms with E-state index in [0.717, 1.165) is 37.5 Å². The molecule has 29 heavy (non-hydrogen) atoms. The fourth-order valence-electron chi connectivity index (χ4n) is 5.04. The highest BCUT2D eigenvalue weighted by atomic mass is 19.1. The zero-order valence-corrected chi connectivity index (χ0v) is 18.0. The number of unbranched alkanes of at least 4 members (excludes halogenated alkanes) is 1. The molecule has 0 atom stereocenters. The van der Waals surface area contributed by atoms with E-state index < -0.39 is 5.83 Å². The normalized spacial score (nSPS) is 28.4. The fourth-order valence-corrected chi connectivity index (χ4v) is 5.04. The molecule has 2 saturated carbocycles. The first kappa shape index (κ1) is 21.8. The minimum atomic E-state index is -0.614. The van der Waals surface area contributed by atoms with E-state index in [1.54, 1.807) is 6.07 Å². The minimum absolute atomic E-state index is 0.253. The third-order valence-corrected chi connectivity index (χ3v) is 7.00. The number of allylic oxidation sites excluding steroid dienone is 4. The molecule has 1 nitrogen and oxygen atoms in total. The quantitative estimate of drug-likeness (QED) is 0.339. The number of halogens is 1. The second-order valence-corrected chi connectivity index (χ2v) is 9.14. The standard InChI is InChI=1S/C27H36FN/c1-2-3-4-21-11-15-25(16-12-21)26-17-13-23(14-18-26)6-5-22-7-9-24(10-8-22)19-27(28)20-29/h5-6,11-12,15-16,19,22-24,26H,2-4,7-10,13-14,17-18H2,1H3/b6-5+,27-19?. The zero-order chi connectivity index (χ0) is 20.5. The Balaban J connectivity index is 1.40. The number of nitriles is 1. The lowest BCUT2D eigenvalue weighted by Gasteiger charge is -2.28. The van der Waals surface area contributed by atoms with Gasteiger partial charge in [-0.05, 0) is 105 Å². The van der Waals surface area contributed by atoms with Crippen LogP contribution in [0.3, 0.4) is 0 Å². The van der Waals surface area contributed by atoms with E-state index in [9.17, 15) is 4.39 Å². The molecule has 0 amide bonds. The smallest absolute Gasteiger partial charge is 0.195 e. The Labute approximate surface area is 176 Å². The van der Waals surface area contributed by atoms with Gasteiger partial charge in [-0.1, -0.05) is 49.8 Å². The van der Waals surface area contributed by atoms with Crippen molar-refractivity contribution in [3.63, 3.8) is 0 Å². The number of benzene rings is 1. The van der Waals surface area contributed by atoms with Crippen LogP contribution in [0, 0.1) is 29.1 Å². The molecule has 0 N–H and O–H groups in total. The van der Waals surface area contributed by atoms with E-state index in [-0.39, 0.29) is 5.92 Å². The first-order valence-electron chi connectivity index (χ1n) is 11.7. The summed E-state index contributed by atoms with van der Waals surface area (Å²) in [5.74, 6) is 1.73. The van der Waals surface area contributed by atoms with E-state index in [1.165, 1.54) is 62.1 Å². The van der Waals surface area contributed by atoms with Crippen LogP contribution in [0.25, 0.3) is 0 Å². The van der Waals surface area contributed by atoms with Crippen molar-refractivity contribution in [1.82, 2.24) is 0 Å². The van der Waals surface area contributed by atoms with Crippen LogP contribution in [-0.4, -0.2) is 0 Å². The minimum Gasteiger partial charge on any atom is -0.195 e. The summed E-state index contributed by atoms with van der Waals surface area (Å²) in [6.07, 6.45) is 19.6. The second-order valence-electron chi connectivity index (χ2n) is 9.14. The summed E-state index contributed by atoms with van der Waals surface area (Å²) in [6, 6.07) is 11.0. The van der Waals surface area contributed by atoms with Crippen molar-refractivity contribution >= 4 is 0 Å². The van der Waals surface area contributed by atoms with Gasteiger partial charge in [0.15, 0.2) is 5.83 Å². The highest BCUT2D eigenvalue weighted by Gasteiger charge is 2.22. The number of hydrogen-bond acceptors (Lipinski definition) is 1. The Hall–Kier alpha value is -1.88. The molecule has 0 heterocycles. The van der Waals surface area contributed by atoms with Crippen molar-refractivity contribution in [3.05, 3.63) is 59.4 Å². The van der Waals surface area contributed by atoms with Gasteiger partial charge in [-0.25, -0.2) is 0 Å². The van der Waals surface area contributed by atoms with Crippen LogP contribution in [-0.2, 0) is 6.42 Å². The summed E-state index contributed by atoms with van der Waals surface area (Å²) in [4.78, 5) is 0. The SMILES string of the molecule is CCCCc1ccc(C2CCC(/C=C/C3CCC(C=C(F)C#N)CC3)CC2)cc1. The van der Waals surface area contributed by atoms with Crippen LogP contribution >= 0.6 is 0 Å². The van der Waals surface area contributed by atoms with Gasteiger partial charge in [0, 0.05) is 0 Å². The third kappa shape index (κ3) is 6.84. The van der Waals surface area contributed by atoms with Gasteiger partial charge in [0.1, 0.15) is 6.07 Å². The number of nitrogens with zero attached hydrogens (tertiary/aromatic N) is 1. The lowest BCUT2D eigenvalue weighted by molar-refractivity contribution is 0.346. The van der Waals surface area contributed by atoms with Gasteiger partial charge in [-0.3, -0.25) is 0 Å². The predicted octanol–water partition coefficient (Wildman–Crippen LogP) is 8.04. The molecule has 1 aromatic carbocycles. The van der Waals surface area contributed by atoms with E-state index >= 15 is 0 Å². The van der Waals surface area contributed by atoms with Crippen LogP contribution < -0.4 is 0 Å². The Morgan fingerprint density at radius 3 is 2.03 bits per heavy atom. The van der Waals surface area contributed by atoms with Crippen molar-refractivity contribution in [1.29, 1.82) is 5.26 Å². The molecule has 0 aromatic heterocycles. The molecule has 156 valence electrons. The average Bonchev–Trinajstić information content (AvgIpc) is 2.78. The number of rotatable bonds is 7. The number of hydrogen-bond donors (Lipinski definition) is 0. The van der Waals surface area contributed by atoms with Crippen LogP contribution in [0.4, 0.5) is 4.39 Å². The first-order valence-corrected chi connectivity index (χ1v) is 11.7. The van der Waals surface area contributed by atoms with Crippen molar-refractivity contribution < 1.29 is 4.39 Å². The monoisotopic (exact) mass is 393 g/mol. The van der Waals surface area contributed by atoms with Crippen molar-refractivity contribution in [3.8, 4) is 6.07 Å². The van der Waals surface area contributed by atoms with Crippen molar-refractivity contribution in [2.75, 3.05) is 0 Å². The van der Waals surface area contributed by atoms with Gasteiger partial charge in [-0.2, -0.15) is 9.65 Å². The van der Waals surface area contributed by atoms with Crippen LogP contribution in [0.2, 0.25) is 0 Å². The Kier molecular flexibility index (Phi) is 8.53. The topological polar surface area (TPSA) is 23.8 Å². The number of aryl methyl sites for hydroxylation is 1. The van der Waals surface area contributed by atoms with Gasteiger partial charge in [0.25, 0.3) is 0 Å². The third-order valence-electron chi connectivity index (χ3n) is 7.00. The van der Waals surface area contributed by atoms with Gasteiger partial charge >= 0.3 is 0 Å². The molecule has 1 aromatic rings. The Bertz CT molecular complexity index is 708. The van der Waals surface area contributed by atoms with Crippen molar-refractivity contribution in [2.24, 2.45) is 17.8 Å². The molecule has 2 fully saturated rings. The molecule has 3 rings (SSSR count). The van der Waals surface area contributed by atoms with Crippen LogP contribution in [0.1, 0.15) is 88.2 Å². The zero-order valence-electron chi connectivity index (χ0n) is 18.0. The largest absolute Gasteiger partial charge is 0.196 e. The Morgan fingerprint density at radius 1 is 0.931 bits per heavy atom. The van der Waals surface area contributed by atoms with Gasteiger partial charge < -0.3 is 0 Å². The van der Waals surface area contributed by atoms with Crippen LogP contribution in [0.5, 0.6) is 0 Å². The first-order chi connectivity index (χ1) is 14.2. The maximum absolute atomic E-state index is 13.1. The molecular formula is C27H36FN. The Morgan fingerprint density at radius 2 is 1.48 bits per heavy atom. The molecule has 2 aliphatic rings. The highest BCUT2D eigenvalue weighted by molar-refractivity contribution is 5.26. The molecule has 2 heteroatoms. The predicted molar refractivity (Wildman–Crippen MR) is 119 cm³/mol. The molecule has 0 spiro atoms. The molecule has 0 aliphatic heterocycles. The lowest BCUT2D eigenvalue weighted by atomic mass is 9.77. The van der Waals surface area contributed by atoms with E-state index in [1.807, 2.05) is 0 Å². The molecule has 2 aliphatic carbocycles. The maximum atomic E-state index is 13.1. The lowest BCUT2D eigenvalue weighted by Crippen LogP contribution is -2.14. The summed E-state index contributed by atoms with van der Waals surface area (Å²) in [5.41, 5.74) is 3.01. The molecular weight excluding hydrogens is 357 g/mol. The van der Waals surface area contributed by atoms with E-state index in [4.69, 9.17) is 5.26 Å². The van der Waals surface area contributed by atoms with E-state index in [0.29, 0.717) is 5.92 Å². The van der Waals surface area contributed by atoms with Crippen LogP contribution in [0.15, 0.2) is 48.3 Å². The summed E-state index contributed by atoms with van der Waals surface area (Å²) < 4.78 is 13.1. The summed E-state index contributed by atoms with van der Waals surface area (Å²) in [5, 5.41) is 8.58. The molecule has 0 unspecified atom stereocenters. The van der Waals surface area contributed by atoms with Gasteiger partial charge in [-0.15, -0.1) is 0 Å². The van der Waals surface area contributed by atoms with Gasteiger partial charge in [0.05, 0.1) is 0 Å². The highest BCUT2D eigenvalue weighted by Crippen LogP contribution is 2.37. The molecule has 0 saturated heterocycles. The fraction of sp³-hybridized carbons (Fsp3) is 0.593. The van der Waals surface area contributed by atoms with Crippen molar-refractivity contribution in [2.45, 2.75) is 83.5 Å². The summed E-state index contributed by atoms with van der Waals surface area (Å²) >= 11 is 0. The van der Waals surface area contributed by atoms with Gasteiger partial charge in [0.2, 0.25) is 0 Å². The molecule has 0 radical (unpaired) electrons. The average molecular weight is 394 g/mol. The summed E-state index contributed by atoms with van der Waals surface area (Å²) in [7, 11) is 0. The summed E-state index contributed by atoms with van der Waals surface area (Å²) in [6.45, 7) is 2.25.